The van der Waals surface area contributed by atoms with Crippen molar-refractivity contribution >= 4 is 5.78 Å². The highest BCUT2D eigenvalue weighted by atomic mass is 16.7. The first kappa shape index (κ1) is 15.9. The summed E-state index contributed by atoms with van der Waals surface area (Å²) in [4.78, 5) is 12.5. The Hall–Kier alpha value is -2.15. The lowest BCUT2D eigenvalue weighted by Crippen LogP contribution is -2.42. The molecule has 0 saturated heterocycles. The Morgan fingerprint density at radius 2 is 1.90 bits per heavy atom. The fourth-order valence-corrected chi connectivity index (χ4v) is 1.75. The molecule has 0 fully saturated rings. The van der Waals surface area contributed by atoms with Crippen molar-refractivity contribution in [3.8, 4) is 12.3 Å². The number of benzene rings is 1. The molecular weight excluding hydrogens is 252 g/mol. The molecule has 0 spiro atoms. The second kappa shape index (κ2) is 8.11. The summed E-state index contributed by atoms with van der Waals surface area (Å²) in [5.74, 6) is 0.849. The van der Waals surface area contributed by atoms with Crippen LogP contribution in [0.4, 0.5) is 0 Å². The van der Waals surface area contributed by atoms with Gasteiger partial charge in [-0.2, -0.15) is 0 Å². The molecule has 0 heterocycles. The van der Waals surface area contributed by atoms with Gasteiger partial charge in [0, 0.05) is 26.2 Å². The van der Waals surface area contributed by atoms with Crippen molar-refractivity contribution in [3.63, 3.8) is 0 Å². The third-order valence-electron chi connectivity index (χ3n) is 2.87. The Bertz CT molecular complexity index is 517. The number of Topliss-reactive ketones (excluding diaryl/α,β-unsaturated/α-hetero) is 1. The van der Waals surface area contributed by atoms with Crippen molar-refractivity contribution in [2.75, 3.05) is 14.2 Å². The lowest BCUT2D eigenvalue weighted by Gasteiger charge is -2.28. The van der Waals surface area contributed by atoms with E-state index in [1.807, 2.05) is 6.07 Å². The van der Waals surface area contributed by atoms with Crippen molar-refractivity contribution in [1.82, 2.24) is 0 Å². The minimum absolute atomic E-state index is 0.214. The average Bonchev–Trinajstić information content (AvgIpc) is 2.52. The summed E-state index contributed by atoms with van der Waals surface area (Å²) in [7, 11) is 2.91. The van der Waals surface area contributed by atoms with Crippen LogP contribution >= 0.6 is 0 Å². The van der Waals surface area contributed by atoms with Gasteiger partial charge < -0.3 is 9.47 Å². The maximum absolute atomic E-state index is 12.5. The number of carbonyl (C=O) groups is 1. The molecule has 104 valence electrons. The third kappa shape index (κ3) is 3.92. The molecule has 0 atom stereocenters. The number of ether oxygens (including phenoxy) is 2. The molecule has 1 aromatic carbocycles. The van der Waals surface area contributed by atoms with E-state index in [1.54, 1.807) is 48.6 Å². The molecule has 0 amide bonds. The highest BCUT2D eigenvalue weighted by Gasteiger charge is 2.38. The molecule has 0 aliphatic rings. The predicted molar refractivity (Wildman–Crippen MR) is 79.3 cm³/mol. The molecule has 0 N–H and O–H groups in total. The summed E-state index contributed by atoms with van der Waals surface area (Å²) in [5.41, 5.74) is 0.545. The number of methoxy groups -OCH3 is 2. The van der Waals surface area contributed by atoms with Gasteiger partial charge in [0.1, 0.15) is 0 Å². The second-order valence-corrected chi connectivity index (χ2v) is 4.01. The van der Waals surface area contributed by atoms with E-state index >= 15 is 0 Å². The number of terminal acetylenes is 1. The van der Waals surface area contributed by atoms with Crippen molar-refractivity contribution in [3.05, 3.63) is 60.2 Å². The van der Waals surface area contributed by atoms with Crippen LogP contribution in [0.15, 0.2) is 54.6 Å². The van der Waals surface area contributed by atoms with Gasteiger partial charge in [-0.15, -0.1) is 6.42 Å². The summed E-state index contributed by atoms with van der Waals surface area (Å²) in [6.07, 6.45) is 12.2. The Labute approximate surface area is 119 Å². The lowest BCUT2D eigenvalue weighted by molar-refractivity contribution is -0.166. The smallest absolute Gasteiger partial charge is 0.236 e. The van der Waals surface area contributed by atoms with Crippen molar-refractivity contribution in [2.45, 2.75) is 12.2 Å². The van der Waals surface area contributed by atoms with Crippen molar-refractivity contribution < 1.29 is 14.3 Å². The standard InChI is InChI=1S/C17H18O3/c1-4-5-6-7-11-14-17(19-2,20-3)16(18)15-12-9-8-10-13-15/h1,5-13H,14H2,2-3H3/b6-5-,11-7-. The van der Waals surface area contributed by atoms with Crippen LogP contribution < -0.4 is 0 Å². The topological polar surface area (TPSA) is 35.5 Å². The highest BCUT2D eigenvalue weighted by molar-refractivity contribution is 6.01. The number of carbonyl (C=O) groups excluding carboxylic acids is 1. The zero-order valence-corrected chi connectivity index (χ0v) is 11.7. The van der Waals surface area contributed by atoms with Gasteiger partial charge in [0.15, 0.2) is 0 Å². The fourth-order valence-electron chi connectivity index (χ4n) is 1.75. The summed E-state index contributed by atoms with van der Waals surface area (Å²) in [6.45, 7) is 0. The van der Waals surface area contributed by atoms with Crippen LogP contribution in [0.3, 0.4) is 0 Å². The third-order valence-corrected chi connectivity index (χ3v) is 2.87. The van der Waals surface area contributed by atoms with E-state index < -0.39 is 5.79 Å². The van der Waals surface area contributed by atoms with Gasteiger partial charge in [0.2, 0.25) is 11.6 Å². The van der Waals surface area contributed by atoms with Crippen molar-refractivity contribution in [1.29, 1.82) is 0 Å². The van der Waals surface area contributed by atoms with Gasteiger partial charge in [0.05, 0.1) is 0 Å². The van der Waals surface area contributed by atoms with Gasteiger partial charge in [-0.25, -0.2) is 0 Å². The largest absolute Gasteiger partial charge is 0.346 e. The van der Waals surface area contributed by atoms with Gasteiger partial charge in [0.25, 0.3) is 0 Å². The van der Waals surface area contributed by atoms with Crippen LogP contribution in [0, 0.1) is 12.3 Å². The van der Waals surface area contributed by atoms with Crippen LogP contribution in [0.25, 0.3) is 0 Å². The van der Waals surface area contributed by atoms with E-state index in [1.165, 1.54) is 14.2 Å². The fraction of sp³-hybridized carbons (Fsp3) is 0.235. The summed E-state index contributed by atoms with van der Waals surface area (Å²) < 4.78 is 10.6. The van der Waals surface area contributed by atoms with Gasteiger partial charge in [-0.05, 0) is 6.08 Å². The molecule has 20 heavy (non-hydrogen) atoms. The number of allylic oxidation sites excluding steroid dienone is 3. The molecule has 0 aliphatic carbocycles. The number of rotatable bonds is 7. The van der Waals surface area contributed by atoms with E-state index in [0.717, 1.165) is 0 Å². The highest BCUT2D eigenvalue weighted by Crippen LogP contribution is 2.23. The summed E-state index contributed by atoms with van der Waals surface area (Å²) in [5, 5.41) is 0. The van der Waals surface area contributed by atoms with Crippen molar-refractivity contribution in [2.24, 2.45) is 0 Å². The number of hydrogen-bond acceptors (Lipinski definition) is 3. The molecule has 1 rings (SSSR count). The van der Waals surface area contributed by atoms with E-state index in [2.05, 4.69) is 5.92 Å². The van der Waals surface area contributed by atoms with E-state index in [4.69, 9.17) is 15.9 Å². The first-order chi connectivity index (χ1) is 9.70. The predicted octanol–water partition coefficient (Wildman–Crippen LogP) is 2.99. The normalized spacial score (nSPS) is 11.8. The van der Waals surface area contributed by atoms with Crippen LogP contribution in [-0.2, 0) is 9.47 Å². The van der Waals surface area contributed by atoms with Crippen LogP contribution in [0.5, 0.6) is 0 Å². The minimum atomic E-state index is -1.32. The molecule has 0 aromatic heterocycles. The van der Waals surface area contributed by atoms with Gasteiger partial charge in [-0.3, -0.25) is 4.79 Å². The van der Waals surface area contributed by atoms with E-state index in [0.29, 0.717) is 12.0 Å². The molecule has 3 nitrogen and oxygen atoms in total. The molecule has 0 bridgehead atoms. The number of hydrogen-bond donors (Lipinski definition) is 0. The molecule has 0 aliphatic heterocycles. The quantitative estimate of drug-likeness (QED) is 0.331. The molecule has 0 saturated carbocycles. The number of ketones is 1. The van der Waals surface area contributed by atoms with Gasteiger partial charge in [-0.1, -0.05) is 54.5 Å². The van der Waals surface area contributed by atoms with Crippen LogP contribution in [0.2, 0.25) is 0 Å². The maximum Gasteiger partial charge on any atom is 0.236 e. The molecular formula is C17H18O3. The van der Waals surface area contributed by atoms with E-state index in [9.17, 15) is 4.79 Å². The maximum atomic E-state index is 12.5. The first-order valence-electron chi connectivity index (χ1n) is 6.18. The van der Waals surface area contributed by atoms with Crippen LogP contribution in [-0.4, -0.2) is 25.8 Å². The minimum Gasteiger partial charge on any atom is -0.346 e. The second-order valence-electron chi connectivity index (χ2n) is 4.01. The summed E-state index contributed by atoms with van der Waals surface area (Å²) >= 11 is 0. The van der Waals surface area contributed by atoms with Crippen LogP contribution in [0.1, 0.15) is 16.8 Å². The Morgan fingerprint density at radius 1 is 1.25 bits per heavy atom. The zero-order chi connectivity index (χ0) is 14.8. The molecule has 3 heteroatoms. The molecule has 0 unspecified atom stereocenters. The SMILES string of the molecule is C#C/C=C\C=C/CC(OC)(OC)C(=O)c1ccccc1. The summed E-state index contributed by atoms with van der Waals surface area (Å²) in [6, 6.07) is 8.92. The van der Waals surface area contributed by atoms with E-state index in [-0.39, 0.29) is 5.78 Å². The lowest BCUT2D eigenvalue weighted by atomic mass is 10.00. The monoisotopic (exact) mass is 270 g/mol. The Morgan fingerprint density at radius 3 is 2.45 bits per heavy atom. The zero-order valence-electron chi connectivity index (χ0n) is 11.7. The Balaban J connectivity index is 2.92. The first-order valence-corrected chi connectivity index (χ1v) is 6.18. The molecule has 0 radical (unpaired) electrons. The molecule has 1 aromatic rings. The Kier molecular flexibility index (Phi) is 6.45. The van der Waals surface area contributed by atoms with Gasteiger partial charge >= 0.3 is 0 Å². The average molecular weight is 270 g/mol.